The van der Waals surface area contributed by atoms with Crippen LogP contribution >= 0.6 is 11.3 Å². The van der Waals surface area contributed by atoms with Crippen molar-refractivity contribution in [2.24, 2.45) is 0 Å². The lowest BCUT2D eigenvalue weighted by atomic mass is 9.98. The Balaban J connectivity index is 1.61. The summed E-state index contributed by atoms with van der Waals surface area (Å²) in [5.41, 5.74) is 3.10. The lowest BCUT2D eigenvalue weighted by Crippen LogP contribution is -2.29. The molecule has 1 unspecified atom stereocenters. The Kier molecular flexibility index (Phi) is 5.49. The van der Waals surface area contributed by atoms with Crippen molar-refractivity contribution >= 4 is 43.6 Å². The van der Waals surface area contributed by atoms with Crippen molar-refractivity contribution in [2.45, 2.75) is 25.8 Å². The summed E-state index contributed by atoms with van der Waals surface area (Å²) in [6.45, 7) is 4.28. The monoisotopic (exact) mass is 512 g/mol. The Labute approximate surface area is 216 Å². The van der Waals surface area contributed by atoms with Crippen molar-refractivity contribution in [1.29, 1.82) is 0 Å². The first-order valence-corrected chi connectivity index (χ1v) is 12.7. The summed E-state index contributed by atoms with van der Waals surface area (Å²) < 4.78 is 18.0. The first-order chi connectivity index (χ1) is 17.9. The molecule has 3 heterocycles. The fourth-order valence-electron chi connectivity index (χ4n) is 4.85. The smallest absolute Gasteiger partial charge is 0.297 e. The predicted molar refractivity (Wildman–Crippen MR) is 144 cm³/mol. The summed E-state index contributed by atoms with van der Waals surface area (Å²) in [5.74, 6) is 1.04. The van der Waals surface area contributed by atoms with Crippen molar-refractivity contribution in [1.82, 2.24) is 4.98 Å². The number of carbonyl (C=O) groups excluding carboxylic acids is 1. The molecule has 1 atom stereocenters. The third kappa shape index (κ3) is 3.59. The van der Waals surface area contributed by atoms with Gasteiger partial charge in [-0.2, -0.15) is 0 Å². The van der Waals surface area contributed by atoms with Gasteiger partial charge in [-0.25, -0.2) is 4.98 Å². The second-order valence-corrected chi connectivity index (χ2v) is 10.2. The van der Waals surface area contributed by atoms with Crippen LogP contribution in [0.1, 0.15) is 53.1 Å². The van der Waals surface area contributed by atoms with E-state index in [1.165, 1.54) is 16.9 Å². The number of methoxy groups -OCH3 is 2. The number of aromatic nitrogens is 1. The summed E-state index contributed by atoms with van der Waals surface area (Å²) in [6, 6.07) is 17.8. The van der Waals surface area contributed by atoms with Crippen molar-refractivity contribution < 1.29 is 18.7 Å². The molecule has 186 valence electrons. The number of nitrogens with zero attached hydrogens (tertiary/aromatic N) is 2. The molecule has 0 fully saturated rings. The highest BCUT2D eigenvalue weighted by Gasteiger charge is 2.45. The highest BCUT2D eigenvalue weighted by atomic mass is 32.1. The molecule has 0 saturated carbocycles. The molecular formula is C29H24N2O5S. The zero-order valence-electron chi connectivity index (χ0n) is 20.8. The molecule has 0 saturated heterocycles. The summed E-state index contributed by atoms with van der Waals surface area (Å²) in [5, 5.41) is 0.919. The van der Waals surface area contributed by atoms with Crippen LogP contribution < -0.4 is 19.8 Å². The SMILES string of the molecule is COc1ccc(C2c3c(oc4ccccc4c3=O)C(=O)N2c2nc3ccc(C(C)C)cc3s2)cc1OC. The largest absolute Gasteiger partial charge is 0.493 e. The van der Waals surface area contributed by atoms with E-state index in [1.807, 2.05) is 12.1 Å². The highest BCUT2D eigenvalue weighted by molar-refractivity contribution is 7.22. The van der Waals surface area contributed by atoms with Gasteiger partial charge in [0.05, 0.1) is 41.4 Å². The molecule has 0 radical (unpaired) electrons. The maximum absolute atomic E-state index is 13.9. The summed E-state index contributed by atoms with van der Waals surface area (Å²) in [4.78, 5) is 34.1. The molecule has 7 nitrogen and oxygen atoms in total. The van der Waals surface area contributed by atoms with E-state index in [0.29, 0.717) is 39.1 Å². The number of carbonyl (C=O) groups is 1. The first kappa shape index (κ1) is 23.2. The number of amides is 1. The van der Waals surface area contributed by atoms with E-state index < -0.39 is 11.9 Å². The van der Waals surface area contributed by atoms with Crippen LogP contribution in [-0.2, 0) is 0 Å². The number of hydrogen-bond donors (Lipinski definition) is 0. The predicted octanol–water partition coefficient (Wildman–Crippen LogP) is 6.29. The van der Waals surface area contributed by atoms with Gasteiger partial charge in [0.1, 0.15) is 5.58 Å². The van der Waals surface area contributed by atoms with Crippen LogP contribution in [-0.4, -0.2) is 25.1 Å². The lowest BCUT2D eigenvalue weighted by molar-refractivity contribution is 0.0971. The van der Waals surface area contributed by atoms with Crippen LogP contribution in [0.4, 0.5) is 5.13 Å². The molecule has 37 heavy (non-hydrogen) atoms. The van der Waals surface area contributed by atoms with Gasteiger partial charge in [0.25, 0.3) is 5.91 Å². The number of rotatable bonds is 5. The van der Waals surface area contributed by atoms with Gasteiger partial charge >= 0.3 is 0 Å². The van der Waals surface area contributed by atoms with E-state index in [1.54, 1.807) is 55.5 Å². The Morgan fingerprint density at radius 1 is 0.973 bits per heavy atom. The van der Waals surface area contributed by atoms with Crippen LogP contribution in [0.3, 0.4) is 0 Å². The molecule has 1 aliphatic heterocycles. The molecule has 6 rings (SSSR count). The fraction of sp³-hybridized carbons (Fsp3) is 0.207. The van der Waals surface area contributed by atoms with E-state index in [-0.39, 0.29) is 16.8 Å². The molecule has 3 aromatic carbocycles. The Bertz CT molecular complexity index is 1750. The minimum atomic E-state index is -0.742. The Hall–Kier alpha value is -4.17. The molecule has 0 N–H and O–H groups in total. The quantitative estimate of drug-likeness (QED) is 0.275. The number of ether oxygens (including phenoxy) is 2. The topological polar surface area (TPSA) is 81.9 Å². The van der Waals surface area contributed by atoms with E-state index in [9.17, 15) is 9.59 Å². The van der Waals surface area contributed by atoms with Gasteiger partial charge in [-0.3, -0.25) is 14.5 Å². The van der Waals surface area contributed by atoms with E-state index in [0.717, 1.165) is 10.2 Å². The minimum Gasteiger partial charge on any atom is -0.493 e. The van der Waals surface area contributed by atoms with Crippen LogP contribution in [0.2, 0.25) is 0 Å². The lowest BCUT2D eigenvalue weighted by Gasteiger charge is -2.23. The Morgan fingerprint density at radius 3 is 2.51 bits per heavy atom. The van der Waals surface area contributed by atoms with Crippen LogP contribution in [0, 0.1) is 0 Å². The number of fused-ring (bicyclic) bond motifs is 3. The second kappa shape index (κ2) is 8.74. The molecule has 0 aliphatic carbocycles. The van der Waals surface area contributed by atoms with E-state index in [2.05, 4.69) is 26.0 Å². The van der Waals surface area contributed by atoms with Crippen LogP contribution in [0.15, 0.2) is 69.9 Å². The third-order valence-electron chi connectivity index (χ3n) is 6.77. The number of benzene rings is 3. The van der Waals surface area contributed by atoms with Gasteiger partial charge in [-0.15, -0.1) is 0 Å². The highest BCUT2D eigenvalue weighted by Crippen LogP contribution is 2.45. The van der Waals surface area contributed by atoms with Crippen LogP contribution in [0.5, 0.6) is 11.5 Å². The van der Waals surface area contributed by atoms with Gasteiger partial charge in [-0.05, 0) is 53.4 Å². The maximum Gasteiger partial charge on any atom is 0.297 e. The van der Waals surface area contributed by atoms with Gasteiger partial charge in [-0.1, -0.05) is 49.4 Å². The summed E-state index contributed by atoms with van der Waals surface area (Å²) in [6.07, 6.45) is 0. The second-order valence-electron chi connectivity index (χ2n) is 9.24. The zero-order chi connectivity index (χ0) is 25.8. The Morgan fingerprint density at radius 2 is 1.76 bits per heavy atom. The summed E-state index contributed by atoms with van der Waals surface area (Å²) >= 11 is 1.42. The first-order valence-electron chi connectivity index (χ1n) is 11.9. The summed E-state index contributed by atoms with van der Waals surface area (Å²) in [7, 11) is 3.11. The number of para-hydroxylation sites is 1. The molecule has 1 amide bonds. The van der Waals surface area contributed by atoms with Crippen molar-refractivity contribution in [2.75, 3.05) is 19.1 Å². The fourth-order valence-corrected chi connectivity index (χ4v) is 5.89. The number of anilines is 1. The van der Waals surface area contributed by atoms with Gasteiger partial charge in [0.15, 0.2) is 22.1 Å². The van der Waals surface area contributed by atoms with Crippen molar-refractivity contribution in [3.63, 3.8) is 0 Å². The molecular weight excluding hydrogens is 488 g/mol. The molecule has 5 aromatic rings. The molecule has 0 spiro atoms. The van der Waals surface area contributed by atoms with Gasteiger partial charge < -0.3 is 13.9 Å². The minimum absolute atomic E-state index is 0.0330. The molecule has 1 aliphatic rings. The molecule has 8 heteroatoms. The number of hydrogen-bond acceptors (Lipinski definition) is 7. The van der Waals surface area contributed by atoms with Gasteiger partial charge in [0, 0.05) is 0 Å². The van der Waals surface area contributed by atoms with Crippen LogP contribution in [0.25, 0.3) is 21.2 Å². The third-order valence-corrected chi connectivity index (χ3v) is 7.79. The van der Waals surface area contributed by atoms with Crippen molar-refractivity contribution in [3.8, 4) is 11.5 Å². The molecule has 2 aromatic heterocycles. The zero-order valence-corrected chi connectivity index (χ0v) is 21.6. The standard InChI is InChI=1S/C29H24N2O5S/c1-15(2)16-9-11-19-23(14-16)37-29(30-19)31-25(17-10-12-21(34-3)22(13-17)35-4)24-26(32)18-7-5-6-8-20(18)36-27(24)28(31)33/h5-15,25H,1-4H3. The average molecular weight is 513 g/mol. The molecule has 0 bridgehead atoms. The van der Waals surface area contributed by atoms with Gasteiger partial charge in [0.2, 0.25) is 5.76 Å². The average Bonchev–Trinajstić information content (AvgIpc) is 3.46. The maximum atomic E-state index is 13.9. The normalized spacial score (nSPS) is 15.1. The number of thiazole rings is 1. The van der Waals surface area contributed by atoms with E-state index in [4.69, 9.17) is 18.9 Å². The van der Waals surface area contributed by atoms with Crippen molar-refractivity contribution in [3.05, 3.63) is 93.3 Å². The van der Waals surface area contributed by atoms with E-state index >= 15 is 0 Å².